The monoisotopic (exact) mass is 300 g/mol. The van der Waals surface area contributed by atoms with Gasteiger partial charge in [0.25, 0.3) is 5.91 Å². The average Bonchev–Trinajstić information content (AvgIpc) is 2.93. The van der Waals surface area contributed by atoms with Crippen molar-refractivity contribution in [1.29, 1.82) is 0 Å². The number of rotatable bonds is 4. The third-order valence-electron chi connectivity index (χ3n) is 3.27. The van der Waals surface area contributed by atoms with Crippen LogP contribution in [-0.2, 0) is 0 Å². The van der Waals surface area contributed by atoms with Crippen LogP contribution in [0.25, 0.3) is 0 Å². The minimum Gasteiger partial charge on any atom is -0.388 e. The molecule has 1 amide bonds. The summed E-state index contributed by atoms with van der Waals surface area (Å²) in [6, 6.07) is 0. The number of β-amino-alcohol motifs (C(OH)–C–C–N with tert-alkyl or cyclic N) is 2. The largest absolute Gasteiger partial charge is 0.388 e. The SMILES string of the molecule is CCCN(C)c1nc(N)c(C(=O)N2CC(O)C(O)C2)s1. The standard InChI is InChI=1S/C12H20N4O3S/c1-3-4-15(2)12-14-10(13)9(20-12)11(19)16-5-7(17)8(18)6-16/h7-8,17-18H,3-6,13H2,1-2H3. The van der Waals surface area contributed by atoms with Crippen molar-refractivity contribution in [2.45, 2.75) is 25.6 Å². The first kappa shape index (κ1) is 15.0. The van der Waals surface area contributed by atoms with E-state index in [0.29, 0.717) is 10.0 Å². The van der Waals surface area contributed by atoms with Crippen LogP contribution < -0.4 is 10.6 Å². The number of likely N-dealkylation sites (tertiary alicyclic amines) is 1. The first-order valence-electron chi connectivity index (χ1n) is 6.56. The van der Waals surface area contributed by atoms with Gasteiger partial charge in [-0.1, -0.05) is 18.3 Å². The molecular weight excluding hydrogens is 280 g/mol. The molecular formula is C12H20N4O3S. The minimum absolute atomic E-state index is 0.122. The molecule has 0 saturated carbocycles. The Balaban J connectivity index is 2.14. The van der Waals surface area contributed by atoms with Gasteiger partial charge in [0.05, 0.1) is 12.2 Å². The fourth-order valence-corrected chi connectivity index (χ4v) is 3.09. The molecule has 7 nitrogen and oxygen atoms in total. The zero-order valence-electron chi connectivity index (χ0n) is 11.6. The van der Waals surface area contributed by atoms with Gasteiger partial charge in [0.1, 0.15) is 10.7 Å². The van der Waals surface area contributed by atoms with E-state index in [4.69, 9.17) is 5.73 Å². The number of thiazole rings is 1. The Kier molecular flexibility index (Phi) is 4.46. The van der Waals surface area contributed by atoms with Crippen LogP contribution in [0, 0.1) is 0 Å². The third-order valence-corrected chi connectivity index (χ3v) is 4.44. The van der Waals surface area contributed by atoms with Crippen molar-refractivity contribution in [3.05, 3.63) is 4.88 Å². The summed E-state index contributed by atoms with van der Waals surface area (Å²) in [6.45, 7) is 3.14. The number of aliphatic hydroxyl groups excluding tert-OH is 2. The number of nitrogens with zero attached hydrogens (tertiary/aromatic N) is 3. The fourth-order valence-electron chi connectivity index (χ4n) is 2.15. The van der Waals surface area contributed by atoms with Crippen molar-refractivity contribution in [2.75, 3.05) is 37.3 Å². The maximum Gasteiger partial charge on any atom is 0.268 e. The molecule has 1 aromatic heterocycles. The van der Waals surface area contributed by atoms with E-state index in [2.05, 4.69) is 11.9 Å². The Bertz CT molecular complexity index is 483. The van der Waals surface area contributed by atoms with Crippen LogP contribution in [0.5, 0.6) is 0 Å². The molecule has 1 saturated heterocycles. The number of carbonyl (C=O) groups excluding carboxylic acids is 1. The van der Waals surface area contributed by atoms with Gasteiger partial charge in [0.15, 0.2) is 5.13 Å². The van der Waals surface area contributed by atoms with Gasteiger partial charge >= 0.3 is 0 Å². The first-order valence-corrected chi connectivity index (χ1v) is 7.38. The van der Waals surface area contributed by atoms with Crippen molar-refractivity contribution in [1.82, 2.24) is 9.88 Å². The van der Waals surface area contributed by atoms with E-state index in [1.54, 1.807) is 0 Å². The van der Waals surface area contributed by atoms with Gasteiger partial charge in [0, 0.05) is 26.7 Å². The summed E-state index contributed by atoms with van der Waals surface area (Å²) in [5.74, 6) is -0.0828. The first-order chi connectivity index (χ1) is 9.43. The van der Waals surface area contributed by atoms with Crippen LogP contribution in [0.3, 0.4) is 0 Å². The fraction of sp³-hybridized carbons (Fsp3) is 0.667. The predicted molar refractivity (Wildman–Crippen MR) is 78.0 cm³/mol. The summed E-state index contributed by atoms with van der Waals surface area (Å²) in [5.41, 5.74) is 5.81. The normalized spacial score (nSPS) is 22.3. The zero-order valence-corrected chi connectivity index (χ0v) is 12.4. The topological polar surface area (TPSA) is 103 Å². The number of aliphatic hydroxyl groups is 2. The Labute approximate surface area is 121 Å². The van der Waals surface area contributed by atoms with Crippen molar-refractivity contribution in [3.8, 4) is 0 Å². The lowest BCUT2D eigenvalue weighted by Gasteiger charge is -2.14. The van der Waals surface area contributed by atoms with E-state index in [1.807, 2.05) is 11.9 Å². The van der Waals surface area contributed by atoms with Gasteiger partial charge in [-0.25, -0.2) is 4.98 Å². The summed E-state index contributed by atoms with van der Waals surface area (Å²) >= 11 is 1.24. The molecule has 8 heteroatoms. The molecule has 2 atom stereocenters. The molecule has 1 aliphatic rings. The van der Waals surface area contributed by atoms with E-state index in [9.17, 15) is 15.0 Å². The lowest BCUT2D eigenvalue weighted by atomic mass is 10.3. The average molecular weight is 300 g/mol. The number of anilines is 2. The molecule has 0 radical (unpaired) electrons. The minimum atomic E-state index is -0.893. The molecule has 0 aromatic carbocycles. The second kappa shape index (κ2) is 5.94. The molecule has 2 heterocycles. The van der Waals surface area contributed by atoms with Crippen LogP contribution >= 0.6 is 11.3 Å². The molecule has 1 aliphatic heterocycles. The van der Waals surface area contributed by atoms with Crippen molar-refractivity contribution in [3.63, 3.8) is 0 Å². The van der Waals surface area contributed by atoms with Crippen LogP contribution in [0.4, 0.5) is 10.9 Å². The number of amides is 1. The Hall–Kier alpha value is -1.38. The summed E-state index contributed by atoms with van der Waals surface area (Å²) in [5, 5.41) is 19.7. The van der Waals surface area contributed by atoms with Gasteiger partial charge in [-0.2, -0.15) is 0 Å². The molecule has 1 aromatic rings. The highest BCUT2D eigenvalue weighted by Crippen LogP contribution is 2.29. The van der Waals surface area contributed by atoms with Gasteiger partial charge in [-0.15, -0.1) is 0 Å². The number of hydrogen-bond acceptors (Lipinski definition) is 7. The van der Waals surface area contributed by atoms with E-state index in [0.717, 1.165) is 13.0 Å². The predicted octanol–water partition coefficient (Wildman–Crippen LogP) is -0.251. The van der Waals surface area contributed by atoms with E-state index in [-0.39, 0.29) is 24.8 Å². The van der Waals surface area contributed by atoms with Gasteiger partial charge in [-0.05, 0) is 6.42 Å². The molecule has 112 valence electrons. The van der Waals surface area contributed by atoms with Gasteiger partial charge in [-0.3, -0.25) is 4.79 Å². The van der Waals surface area contributed by atoms with E-state index >= 15 is 0 Å². The second-order valence-corrected chi connectivity index (χ2v) is 5.95. The van der Waals surface area contributed by atoms with Crippen LogP contribution in [-0.4, -0.2) is 64.9 Å². The Morgan fingerprint density at radius 1 is 1.50 bits per heavy atom. The number of aromatic nitrogens is 1. The Morgan fingerprint density at radius 2 is 2.10 bits per heavy atom. The highest BCUT2D eigenvalue weighted by atomic mass is 32.1. The third kappa shape index (κ3) is 2.87. The number of nitrogens with two attached hydrogens (primary N) is 1. The summed E-state index contributed by atoms with van der Waals surface area (Å²) in [6.07, 6.45) is -0.810. The number of nitrogen functional groups attached to an aromatic ring is 1. The molecule has 2 unspecified atom stereocenters. The maximum absolute atomic E-state index is 12.3. The smallest absolute Gasteiger partial charge is 0.268 e. The molecule has 0 bridgehead atoms. The maximum atomic E-state index is 12.3. The Morgan fingerprint density at radius 3 is 2.65 bits per heavy atom. The highest BCUT2D eigenvalue weighted by Gasteiger charge is 2.34. The molecule has 4 N–H and O–H groups in total. The van der Waals surface area contributed by atoms with Crippen molar-refractivity contribution >= 4 is 28.2 Å². The van der Waals surface area contributed by atoms with Crippen LogP contribution in [0.2, 0.25) is 0 Å². The molecule has 20 heavy (non-hydrogen) atoms. The van der Waals surface area contributed by atoms with Crippen LogP contribution in [0.15, 0.2) is 0 Å². The second-order valence-electron chi connectivity index (χ2n) is 4.98. The van der Waals surface area contributed by atoms with Crippen molar-refractivity contribution < 1.29 is 15.0 Å². The summed E-state index contributed by atoms with van der Waals surface area (Å²) in [7, 11) is 1.90. The molecule has 1 fully saturated rings. The molecule has 0 spiro atoms. The van der Waals surface area contributed by atoms with E-state index < -0.39 is 12.2 Å². The van der Waals surface area contributed by atoms with Crippen LogP contribution in [0.1, 0.15) is 23.0 Å². The quantitative estimate of drug-likeness (QED) is 0.708. The van der Waals surface area contributed by atoms with Gasteiger partial charge in [0.2, 0.25) is 0 Å². The van der Waals surface area contributed by atoms with E-state index in [1.165, 1.54) is 16.2 Å². The number of carbonyl (C=O) groups is 1. The lowest BCUT2D eigenvalue weighted by molar-refractivity contribution is 0.0572. The molecule has 0 aliphatic carbocycles. The highest BCUT2D eigenvalue weighted by molar-refractivity contribution is 7.18. The molecule has 2 rings (SSSR count). The lowest BCUT2D eigenvalue weighted by Crippen LogP contribution is -2.29. The summed E-state index contributed by atoms with van der Waals surface area (Å²) < 4.78 is 0. The number of hydrogen-bond donors (Lipinski definition) is 3. The van der Waals surface area contributed by atoms with Gasteiger partial charge < -0.3 is 25.7 Å². The summed E-state index contributed by atoms with van der Waals surface area (Å²) in [4.78, 5) is 20.3. The van der Waals surface area contributed by atoms with Crippen molar-refractivity contribution in [2.24, 2.45) is 0 Å². The zero-order chi connectivity index (χ0) is 14.9.